The molecule has 1 N–H and O–H groups in total. The van der Waals surface area contributed by atoms with Gasteiger partial charge in [-0.1, -0.05) is 54.6 Å². The molecule has 0 fully saturated rings. The quantitative estimate of drug-likeness (QED) is 0.573. The summed E-state index contributed by atoms with van der Waals surface area (Å²) in [6.07, 6.45) is 0. The molecule has 0 aliphatic rings. The summed E-state index contributed by atoms with van der Waals surface area (Å²) in [7, 11) is 0. The second-order valence-electron chi connectivity index (χ2n) is 6.18. The highest BCUT2D eigenvalue weighted by atomic mass is 19.1. The van der Waals surface area contributed by atoms with Crippen LogP contribution in [0.1, 0.15) is 23.6 Å². The van der Waals surface area contributed by atoms with Gasteiger partial charge in [0.15, 0.2) is 11.5 Å². The molecule has 0 aliphatic heterocycles. The van der Waals surface area contributed by atoms with Gasteiger partial charge in [-0.25, -0.2) is 4.39 Å². The van der Waals surface area contributed by atoms with Crippen molar-refractivity contribution in [3.63, 3.8) is 0 Å². The van der Waals surface area contributed by atoms with Crippen LogP contribution < -0.4 is 14.8 Å². The number of hydrogen-bond acceptors (Lipinski definition) is 3. The zero-order valence-electron chi connectivity index (χ0n) is 15.5. The van der Waals surface area contributed by atoms with Gasteiger partial charge >= 0.3 is 0 Å². The van der Waals surface area contributed by atoms with E-state index in [2.05, 4.69) is 5.32 Å². The van der Waals surface area contributed by atoms with Crippen LogP contribution >= 0.6 is 0 Å². The molecular weight excluding hydrogens is 341 g/mol. The van der Waals surface area contributed by atoms with E-state index >= 15 is 0 Å². The van der Waals surface area contributed by atoms with Gasteiger partial charge in [0.05, 0.1) is 6.61 Å². The van der Waals surface area contributed by atoms with E-state index in [0.29, 0.717) is 31.9 Å². The van der Waals surface area contributed by atoms with Crippen LogP contribution in [0.5, 0.6) is 11.5 Å². The summed E-state index contributed by atoms with van der Waals surface area (Å²) in [5.74, 6) is 1.25. The van der Waals surface area contributed by atoms with Crippen molar-refractivity contribution in [1.29, 1.82) is 0 Å². The fourth-order valence-corrected chi connectivity index (χ4v) is 2.77. The molecule has 0 radical (unpaired) electrons. The van der Waals surface area contributed by atoms with Gasteiger partial charge in [-0.05, 0) is 36.2 Å². The second kappa shape index (κ2) is 9.74. The van der Waals surface area contributed by atoms with Crippen molar-refractivity contribution >= 4 is 0 Å². The van der Waals surface area contributed by atoms with Gasteiger partial charge in [-0.2, -0.15) is 0 Å². The van der Waals surface area contributed by atoms with E-state index in [0.717, 1.165) is 22.6 Å². The number of halogens is 1. The monoisotopic (exact) mass is 365 g/mol. The Morgan fingerprint density at radius 2 is 1.56 bits per heavy atom. The maximum atomic E-state index is 13.7. The molecule has 0 saturated heterocycles. The van der Waals surface area contributed by atoms with Crippen LogP contribution in [0.2, 0.25) is 0 Å². The van der Waals surface area contributed by atoms with Gasteiger partial charge in [-0.15, -0.1) is 0 Å². The van der Waals surface area contributed by atoms with Crippen LogP contribution in [0.3, 0.4) is 0 Å². The Bertz CT molecular complexity index is 852. The molecular formula is C23H24FNO2. The van der Waals surface area contributed by atoms with Gasteiger partial charge in [-0.3, -0.25) is 0 Å². The normalized spacial score (nSPS) is 10.6. The third-order valence-corrected chi connectivity index (χ3v) is 4.15. The molecule has 3 aromatic rings. The van der Waals surface area contributed by atoms with Crippen molar-refractivity contribution < 1.29 is 13.9 Å². The van der Waals surface area contributed by atoms with Crippen molar-refractivity contribution in [2.24, 2.45) is 0 Å². The Balaban J connectivity index is 1.61. The number of ether oxygens (including phenoxy) is 2. The predicted molar refractivity (Wildman–Crippen MR) is 105 cm³/mol. The van der Waals surface area contributed by atoms with Gasteiger partial charge in [0, 0.05) is 18.7 Å². The van der Waals surface area contributed by atoms with Gasteiger partial charge in [0.2, 0.25) is 0 Å². The number of hydrogen-bond donors (Lipinski definition) is 1. The molecule has 4 heteroatoms. The first-order valence-corrected chi connectivity index (χ1v) is 9.13. The first kappa shape index (κ1) is 18.9. The van der Waals surface area contributed by atoms with Crippen molar-refractivity contribution in [2.45, 2.75) is 26.6 Å². The van der Waals surface area contributed by atoms with Crippen molar-refractivity contribution in [1.82, 2.24) is 5.32 Å². The maximum Gasteiger partial charge on any atom is 0.161 e. The van der Waals surface area contributed by atoms with Crippen LogP contribution in [0.4, 0.5) is 4.39 Å². The molecule has 0 atom stereocenters. The largest absolute Gasteiger partial charge is 0.490 e. The van der Waals surface area contributed by atoms with Gasteiger partial charge in [0.25, 0.3) is 0 Å². The average Bonchev–Trinajstić information content (AvgIpc) is 2.70. The smallest absolute Gasteiger partial charge is 0.161 e. The van der Waals surface area contributed by atoms with Crippen molar-refractivity contribution in [3.8, 4) is 11.5 Å². The van der Waals surface area contributed by atoms with E-state index in [1.165, 1.54) is 6.07 Å². The molecule has 140 valence electrons. The molecule has 0 aromatic heterocycles. The summed E-state index contributed by atoms with van der Waals surface area (Å²) in [6.45, 7) is 4.10. The maximum absolute atomic E-state index is 13.7. The molecule has 3 nitrogen and oxygen atoms in total. The molecule has 27 heavy (non-hydrogen) atoms. The summed E-state index contributed by atoms with van der Waals surface area (Å²) < 4.78 is 25.3. The molecule has 0 aliphatic carbocycles. The predicted octanol–water partition coefficient (Wildman–Crippen LogP) is 5.09. The third-order valence-electron chi connectivity index (χ3n) is 4.15. The molecule has 0 amide bonds. The highest BCUT2D eigenvalue weighted by molar-refractivity contribution is 5.43. The summed E-state index contributed by atoms with van der Waals surface area (Å²) >= 11 is 0. The number of nitrogens with one attached hydrogen (secondary N) is 1. The lowest BCUT2D eigenvalue weighted by molar-refractivity contribution is 0.269. The summed E-state index contributed by atoms with van der Waals surface area (Å²) in [6, 6.07) is 22.7. The fourth-order valence-electron chi connectivity index (χ4n) is 2.77. The Morgan fingerprint density at radius 1 is 0.778 bits per heavy atom. The summed E-state index contributed by atoms with van der Waals surface area (Å²) in [5.41, 5.74) is 2.82. The van der Waals surface area contributed by atoms with E-state index < -0.39 is 0 Å². The third kappa shape index (κ3) is 5.56. The number of benzene rings is 3. The second-order valence-corrected chi connectivity index (χ2v) is 6.18. The summed E-state index contributed by atoms with van der Waals surface area (Å²) in [4.78, 5) is 0. The zero-order valence-corrected chi connectivity index (χ0v) is 15.5. The van der Waals surface area contributed by atoms with Crippen molar-refractivity contribution in [3.05, 3.63) is 95.3 Å². The lowest BCUT2D eigenvalue weighted by Gasteiger charge is -2.14. The minimum atomic E-state index is -0.190. The SMILES string of the molecule is CCOc1cc(CNCc2ccccc2F)ccc1OCc1ccccc1. The van der Waals surface area contributed by atoms with Crippen LogP contribution in [-0.4, -0.2) is 6.61 Å². The summed E-state index contributed by atoms with van der Waals surface area (Å²) in [5, 5.41) is 3.27. The van der Waals surface area contributed by atoms with Crippen LogP contribution in [0, 0.1) is 5.82 Å². The molecule has 0 saturated carbocycles. The Hall–Kier alpha value is -2.85. The molecule has 0 bridgehead atoms. The van der Waals surface area contributed by atoms with E-state index in [1.54, 1.807) is 12.1 Å². The zero-order chi connectivity index (χ0) is 18.9. The standard InChI is InChI=1S/C23H24FNO2/c1-2-26-23-14-19(15-25-16-20-10-6-7-11-21(20)24)12-13-22(23)27-17-18-8-4-3-5-9-18/h3-14,25H,2,15-17H2,1H3. The number of rotatable bonds is 9. The Kier molecular flexibility index (Phi) is 6.83. The van der Waals surface area contributed by atoms with E-state index in [9.17, 15) is 4.39 Å². The lowest BCUT2D eigenvalue weighted by Crippen LogP contribution is -2.14. The van der Waals surface area contributed by atoms with Gasteiger partial charge < -0.3 is 14.8 Å². The fraction of sp³-hybridized carbons (Fsp3) is 0.217. The van der Waals surface area contributed by atoms with E-state index in [4.69, 9.17) is 9.47 Å². The molecule has 0 unspecified atom stereocenters. The van der Waals surface area contributed by atoms with Crippen LogP contribution in [0.15, 0.2) is 72.8 Å². The molecule has 3 rings (SSSR count). The minimum Gasteiger partial charge on any atom is -0.490 e. The Morgan fingerprint density at radius 3 is 2.33 bits per heavy atom. The highest BCUT2D eigenvalue weighted by Crippen LogP contribution is 2.29. The van der Waals surface area contributed by atoms with Crippen LogP contribution in [-0.2, 0) is 19.7 Å². The topological polar surface area (TPSA) is 30.5 Å². The highest BCUT2D eigenvalue weighted by Gasteiger charge is 2.08. The molecule has 0 spiro atoms. The van der Waals surface area contributed by atoms with Crippen molar-refractivity contribution in [2.75, 3.05) is 6.61 Å². The first-order chi connectivity index (χ1) is 13.3. The minimum absolute atomic E-state index is 0.190. The lowest BCUT2D eigenvalue weighted by atomic mass is 10.1. The molecule has 0 heterocycles. The average molecular weight is 365 g/mol. The first-order valence-electron chi connectivity index (χ1n) is 9.13. The van der Waals surface area contributed by atoms with E-state index in [-0.39, 0.29) is 5.82 Å². The van der Waals surface area contributed by atoms with Crippen LogP contribution in [0.25, 0.3) is 0 Å². The molecule has 3 aromatic carbocycles. The Labute approximate surface area is 159 Å². The van der Waals surface area contributed by atoms with E-state index in [1.807, 2.05) is 61.5 Å². The van der Waals surface area contributed by atoms with Gasteiger partial charge in [0.1, 0.15) is 12.4 Å².